The molecule has 2 aromatic heterocycles. The average Bonchev–Trinajstić information content (AvgIpc) is 2.92. The van der Waals surface area contributed by atoms with E-state index in [-0.39, 0.29) is 11.6 Å². The second-order valence-corrected chi connectivity index (χ2v) is 6.18. The molecule has 1 aromatic carbocycles. The van der Waals surface area contributed by atoms with Crippen molar-refractivity contribution in [3.63, 3.8) is 0 Å². The lowest BCUT2D eigenvalue weighted by Gasteiger charge is -2.10. The van der Waals surface area contributed by atoms with E-state index in [0.29, 0.717) is 30.0 Å². The fourth-order valence-corrected chi connectivity index (χ4v) is 3.00. The molecule has 0 aliphatic heterocycles. The maximum atomic E-state index is 12.6. The Labute approximate surface area is 155 Å². The molecule has 0 bridgehead atoms. The van der Waals surface area contributed by atoms with E-state index in [1.54, 1.807) is 36.0 Å². The molecule has 3 rings (SSSR count). The highest BCUT2D eigenvalue weighted by atomic mass is 16.6. The van der Waals surface area contributed by atoms with Gasteiger partial charge in [0.05, 0.1) is 21.6 Å². The minimum absolute atomic E-state index is 0.00118. The molecular weight excluding hydrogens is 348 g/mol. The fraction of sp³-hybridized carbons (Fsp3) is 0.278. The minimum Gasteiger partial charge on any atom is -0.378 e. The number of pyridine rings is 1. The third kappa shape index (κ3) is 3.71. The number of nitro groups is 1. The van der Waals surface area contributed by atoms with Gasteiger partial charge in [-0.3, -0.25) is 19.6 Å². The largest absolute Gasteiger partial charge is 0.378 e. The zero-order valence-corrected chi connectivity index (χ0v) is 15.3. The van der Waals surface area contributed by atoms with Crippen LogP contribution in [0.25, 0.3) is 11.0 Å². The number of benzene rings is 1. The molecule has 1 amide bonds. The quantitative estimate of drug-likeness (QED) is 0.392. The van der Waals surface area contributed by atoms with Crippen LogP contribution in [-0.4, -0.2) is 38.7 Å². The highest BCUT2D eigenvalue weighted by Crippen LogP contribution is 2.23. The molecule has 0 unspecified atom stereocenters. The molecule has 3 aromatic rings. The van der Waals surface area contributed by atoms with Crippen LogP contribution in [-0.2, 0) is 7.05 Å². The first-order valence-corrected chi connectivity index (χ1v) is 8.45. The van der Waals surface area contributed by atoms with Crippen LogP contribution in [0.15, 0.2) is 30.3 Å². The van der Waals surface area contributed by atoms with E-state index >= 15 is 0 Å². The lowest BCUT2D eigenvalue weighted by molar-refractivity contribution is -0.384. The average molecular weight is 368 g/mol. The molecule has 0 aliphatic rings. The number of carbonyl (C=O) groups excluding carboxylic acids is 1. The van der Waals surface area contributed by atoms with Crippen LogP contribution >= 0.6 is 0 Å². The van der Waals surface area contributed by atoms with E-state index in [9.17, 15) is 14.9 Å². The van der Waals surface area contributed by atoms with Crippen molar-refractivity contribution in [1.82, 2.24) is 20.1 Å². The molecule has 0 aliphatic carbocycles. The van der Waals surface area contributed by atoms with Gasteiger partial charge in [0, 0.05) is 31.9 Å². The molecule has 0 saturated heterocycles. The number of aryl methyl sites for hydroxylation is 3. The number of nitrogens with one attached hydrogen (secondary N) is 2. The number of aromatic nitrogens is 3. The molecule has 9 nitrogen and oxygen atoms in total. The van der Waals surface area contributed by atoms with Gasteiger partial charge in [-0.2, -0.15) is 5.10 Å². The van der Waals surface area contributed by atoms with Gasteiger partial charge in [0.1, 0.15) is 5.69 Å². The van der Waals surface area contributed by atoms with E-state index in [4.69, 9.17) is 0 Å². The smallest absolute Gasteiger partial charge is 0.292 e. The van der Waals surface area contributed by atoms with E-state index in [2.05, 4.69) is 20.7 Å². The monoisotopic (exact) mass is 368 g/mol. The summed E-state index contributed by atoms with van der Waals surface area (Å²) in [5.41, 5.74) is 3.07. The van der Waals surface area contributed by atoms with Crippen molar-refractivity contribution < 1.29 is 9.72 Å². The summed E-state index contributed by atoms with van der Waals surface area (Å²) >= 11 is 0. The summed E-state index contributed by atoms with van der Waals surface area (Å²) in [6.07, 6.45) is 0. The van der Waals surface area contributed by atoms with Crippen LogP contribution in [0.1, 0.15) is 21.7 Å². The summed E-state index contributed by atoms with van der Waals surface area (Å²) < 4.78 is 1.66. The van der Waals surface area contributed by atoms with Gasteiger partial charge in [0.15, 0.2) is 5.65 Å². The summed E-state index contributed by atoms with van der Waals surface area (Å²) in [6.45, 7) is 4.34. The van der Waals surface area contributed by atoms with E-state index in [0.717, 1.165) is 16.8 Å². The predicted molar refractivity (Wildman–Crippen MR) is 102 cm³/mol. The van der Waals surface area contributed by atoms with Crippen LogP contribution < -0.4 is 10.6 Å². The van der Waals surface area contributed by atoms with Crippen LogP contribution in [0.5, 0.6) is 0 Å². The molecular formula is C18H20N6O3. The van der Waals surface area contributed by atoms with Crippen molar-refractivity contribution in [1.29, 1.82) is 0 Å². The number of nitro benzene ring substituents is 1. The third-order valence-electron chi connectivity index (χ3n) is 4.17. The lowest BCUT2D eigenvalue weighted by atomic mass is 10.1. The van der Waals surface area contributed by atoms with Gasteiger partial charge in [-0.25, -0.2) is 4.98 Å². The van der Waals surface area contributed by atoms with Gasteiger partial charge in [-0.15, -0.1) is 0 Å². The van der Waals surface area contributed by atoms with Crippen molar-refractivity contribution >= 4 is 28.3 Å². The van der Waals surface area contributed by atoms with Crippen molar-refractivity contribution in [3.8, 4) is 0 Å². The lowest BCUT2D eigenvalue weighted by Crippen LogP contribution is -2.29. The van der Waals surface area contributed by atoms with Crippen molar-refractivity contribution in [2.24, 2.45) is 7.05 Å². The van der Waals surface area contributed by atoms with E-state index in [1.165, 1.54) is 6.07 Å². The Balaban J connectivity index is 1.69. The first-order chi connectivity index (χ1) is 12.9. The minimum atomic E-state index is -0.442. The fourth-order valence-electron chi connectivity index (χ4n) is 3.00. The molecule has 2 heterocycles. The number of amides is 1. The second kappa shape index (κ2) is 7.40. The van der Waals surface area contributed by atoms with Crippen LogP contribution in [0.2, 0.25) is 0 Å². The third-order valence-corrected chi connectivity index (χ3v) is 4.17. The number of para-hydroxylation sites is 2. The van der Waals surface area contributed by atoms with Crippen molar-refractivity contribution in [2.45, 2.75) is 13.8 Å². The summed E-state index contributed by atoms with van der Waals surface area (Å²) in [5, 5.41) is 21.9. The molecule has 9 heteroatoms. The molecule has 0 spiro atoms. The maximum Gasteiger partial charge on any atom is 0.292 e. The van der Waals surface area contributed by atoms with Crippen LogP contribution in [0.3, 0.4) is 0 Å². The van der Waals surface area contributed by atoms with Gasteiger partial charge in [-0.05, 0) is 26.0 Å². The highest BCUT2D eigenvalue weighted by Gasteiger charge is 2.17. The Morgan fingerprint density at radius 3 is 2.74 bits per heavy atom. The number of hydrogen-bond donors (Lipinski definition) is 2. The standard InChI is InChI=1S/C18H20N6O3/c1-11-10-13(16-12(2)22-23(3)17(16)21-11)18(25)20-9-8-19-14-6-4-5-7-15(14)24(26)27/h4-7,10,19H,8-9H2,1-3H3,(H,20,25). The number of nitrogens with zero attached hydrogens (tertiary/aromatic N) is 4. The number of fused-ring (bicyclic) bond motifs is 1. The van der Waals surface area contributed by atoms with Gasteiger partial charge < -0.3 is 10.6 Å². The Bertz CT molecular complexity index is 1030. The number of rotatable bonds is 6. The van der Waals surface area contributed by atoms with Crippen LogP contribution in [0.4, 0.5) is 11.4 Å². The Kier molecular flexibility index (Phi) is 5.02. The molecule has 0 atom stereocenters. The molecule has 0 fully saturated rings. The topological polar surface area (TPSA) is 115 Å². The Morgan fingerprint density at radius 2 is 2.00 bits per heavy atom. The van der Waals surface area contributed by atoms with Gasteiger partial charge in [0.25, 0.3) is 11.6 Å². The second-order valence-electron chi connectivity index (χ2n) is 6.18. The van der Waals surface area contributed by atoms with Crippen molar-refractivity contribution in [3.05, 3.63) is 57.4 Å². The number of anilines is 1. The predicted octanol–water partition coefficient (Wildman–Crippen LogP) is 2.34. The molecule has 2 N–H and O–H groups in total. The molecule has 0 radical (unpaired) electrons. The normalized spacial score (nSPS) is 10.8. The molecule has 140 valence electrons. The molecule has 0 saturated carbocycles. The Morgan fingerprint density at radius 1 is 1.26 bits per heavy atom. The first-order valence-electron chi connectivity index (χ1n) is 8.45. The van der Waals surface area contributed by atoms with Gasteiger partial charge >= 0.3 is 0 Å². The summed E-state index contributed by atoms with van der Waals surface area (Å²) in [7, 11) is 1.79. The van der Waals surface area contributed by atoms with E-state index < -0.39 is 4.92 Å². The first kappa shape index (κ1) is 18.3. The number of carbonyl (C=O) groups is 1. The highest BCUT2D eigenvalue weighted by molar-refractivity contribution is 6.06. The zero-order chi connectivity index (χ0) is 19.6. The van der Waals surface area contributed by atoms with Crippen LogP contribution in [0, 0.1) is 24.0 Å². The zero-order valence-electron chi connectivity index (χ0n) is 15.3. The summed E-state index contributed by atoms with van der Waals surface area (Å²) in [4.78, 5) is 27.7. The molecule has 27 heavy (non-hydrogen) atoms. The van der Waals surface area contributed by atoms with Gasteiger partial charge in [0.2, 0.25) is 0 Å². The summed E-state index contributed by atoms with van der Waals surface area (Å²) in [5.74, 6) is -0.231. The van der Waals surface area contributed by atoms with Gasteiger partial charge in [-0.1, -0.05) is 12.1 Å². The Hall–Kier alpha value is -3.49. The number of hydrogen-bond acceptors (Lipinski definition) is 6. The SMILES string of the molecule is Cc1cc(C(=O)NCCNc2ccccc2[N+](=O)[O-])c2c(C)nn(C)c2n1. The summed E-state index contributed by atoms with van der Waals surface area (Å²) in [6, 6.07) is 8.13. The van der Waals surface area contributed by atoms with Crippen molar-refractivity contribution in [2.75, 3.05) is 18.4 Å². The maximum absolute atomic E-state index is 12.6. The van der Waals surface area contributed by atoms with E-state index in [1.807, 2.05) is 13.8 Å².